The average molecular weight is 325 g/mol. The fourth-order valence-electron chi connectivity index (χ4n) is 1.54. The Balaban J connectivity index is 2.14. The summed E-state index contributed by atoms with van der Waals surface area (Å²) < 4.78 is 5.61. The molecule has 4 heteroatoms. The van der Waals surface area contributed by atoms with Crippen molar-refractivity contribution in [3.63, 3.8) is 0 Å². The number of hydrogen-bond acceptors (Lipinski definition) is 3. The molecule has 1 heterocycles. The Morgan fingerprint density at radius 1 is 1.28 bits per heavy atom. The molecule has 0 bridgehead atoms. The molecule has 0 saturated heterocycles. The van der Waals surface area contributed by atoms with Crippen LogP contribution in [0.25, 0.3) is 11.3 Å². The van der Waals surface area contributed by atoms with E-state index >= 15 is 0 Å². The van der Waals surface area contributed by atoms with Gasteiger partial charge in [-0.3, -0.25) is 0 Å². The minimum Gasteiger partial charge on any atom is -0.307 e. The van der Waals surface area contributed by atoms with Crippen LogP contribution in [0.1, 0.15) is 25.6 Å². The van der Waals surface area contributed by atoms with E-state index in [4.69, 9.17) is 0 Å². The molecule has 2 nitrogen and oxygen atoms in total. The van der Waals surface area contributed by atoms with Gasteiger partial charge in [-0.1, -0.05) is 34.1 Å². The molecule has 0 amide bonds. The molecular weight excluding hydrogens is 308 g/mol. The largest absolute Gasteiger partial charge is 0.307 e. The first kappa shape index (κ1) is 13.7. The van der Waals surface area contributed by atoms with Gasteiger partial charge >= 0.3 is 0 Å². The fourth-order valence-corrected chi connectivity index (χ4v) is 2.70. The quantitative estimate of drug-likeness (QED) is 0.901. The van der Waals surface area contributed by atoms with Crippen LogP contribution in [0.3, 0.4) is 0 Å². The van der Waals surface area contributed by atoms with E-state index in [-0.39, 0.29) is 5.54 Å². The number of halogens is 1. The van der Waals surface area contributed by atoms with E-state index in [1.807, 2.05) is 18.2 Å². The highest BCUT2D eigenvalue weighted by Gasteiger charge is 2.11. The van der Waals surface area contributed by atoms with Crippen LogP contribution in [0, 0.1) is 0 Å². The predicted octanol–water partition coefficient (Wildman–Crippen LogP) is 4.46. The third-order valence-corrected chi connectivity index (χ3v) is 3.98. The van der Waals surface area contributed by atoms with Crippen molar-refractivity contribution in [2.75, 3.05) is 0 Å². The maximum absolute atomic E-state index is 4.52. The molecule has 0 fully saturated rings. The molecule has 2 aromatic rings. The maximum atomic E-state index is 4.52. The Morgan fingerprint density at radius 3 is 2.67 bits per heavy atom. The van der Waals surface area contributed by atoms with Crippen LogP contribution >= 0.6 is 27.5 Å². The van der Waals surface area contributed by atoms with Gasteiger partial charge in [-0.2, -0.15) is 4.37 Å². The Morgan fingerprint density at radius 2 is 2.00 bits per heavy atom. The molecule has 0 atom stereocenters. The lowest BCUT2D eigenvalue weighted by Crippen LogP contribution is -2.34. The number of rotatable bonds is 3. The van der Waals surface area contributed by atoms with Crippen molar-refractivity contribution in [1.82, 2.24) is 9.69 Å². The first-order chi connectivity index (χ1) is 8.46. The highest BCUT2D eigenvalue weighted by molar-refractivity contribution is 9.10. The van der Waals surface area contributed by atoms with E-state index in [2.05, 4.69) is 58.5 Å². The summed E-state index contributed by atoms with van der Waals surface area (Å²) in [4.78, 5) is 1.26. The third-order valence-electron chi connectivity index (χ3n) is 2.50. The monoisotopic (exact) mass is 324 g/mol. The summed E-state index contributed by atoms with van der Waals surface area (Å²) in [5, 5.41) is 3.48. The molecule has 0 aliphatic rings. The summed E-state index contributed by atoms with van der Waals surface area (Å²) in [6, 6.07) is 10.3. The van der Waals surface area contributed by atoms with Crippen LogP contribution in [-0.2, 0) is 6.54 Å². The van der Waals surface area contributed by atoms with Gasteiger partial charge in [0.15, 0.2) is 0 Å². The van der Waals surface area contributed by atoms with Gasteiger partial charge < -0.3 is 5.32 Å². The Kier molecular flexibility index (Phi) is 4.20. The Labute approximate surface area is 121 Å². The molecule has 0 aliphatic carbocycles. The smallest absolute Gasteiger partial charge is 0.0855 e. The molecular formula is C14H17BrN2S. The molecule has 0 aliphatic heterocycles. The molecule has 18 heavy (non-hydrogen) atoms. The zero-order valence-electron chi connectivity index (χ0n) is 10.8. The van der Waals surface area contributed by atoms with Crippen molar-refractivity contribution < 1.29 is 0 Å². The zero-order valence-corrected chi connectivity index (χ0v) is 13.2. The molecule has 0 saturated carbocycles. The van der Waals surface area contributed by atoms with E-state index in [0.717, 1.165) is 22.3 Å². The third kappa shape index (κ3) is 3.64. The fraction of sp³-hybridized carbons (Fsp3) is 0.357. The van der Waals surface area contributed by atoms with Gasteiger partial charge in [0, 0.05) is 27.0 Å². The van der Waals surface area contributed by atoms with Crippen LogP contribution < -0.4 is 5.32 Å². The topological polar surface area (TPSA) is 24.9 Å². The zero-order chi connectivity index (χ0) is 13.2. The molecule has 2 rings (SSSR count). The standard InChI is InChI=1S/C14H17BrN2S/c1-14(2,3)16-9-10-8-13(17-18-10)11-6-4-5-7-12(11)15/h4-8,16H,9H2,1-3H3. The van der Waals surface area contributed by atoms with Crippen molar-refractivity contribution >= 4 is 27.5 Å². The molecule has 1 aromatic heterocycles. The van der Waals surface area contributed by atoms with Crippen LogP contribution in [0.4, 0.5) is 0 Å². The Hall–Kier alpha value is -0.710. The van der Waals surface area contributed by atoms with E-state index in [9.17, 15) is 0 Å². The van der Waals surface area contributed by atoms with E-state index in [0.29, 0.717) is 0 Å². The lowest BCUT2D eigenvalue weighted by atomic mass is 10.1. The lowest BCUT2D eigenvalue weighted by molar-refractivity contribution is 0.426. The van der Waals surface area contributed by atoms with Gasteiger partial charge in [-0.05, 0) is 44.4 Å². The summed E-state index contributed by atoms with van der Waals surface area (Å²) in [6.45, 7) is 7.37. The summed E-state index contributed by atoms with van der Waals surface area (Å²) in [5.74, 6) is 0. The number of benzene rings is 1. The van der Waals surface area contributed by atoms with Gasteiger partial charge in [0.25, 0.3) is 0 Å². The second kappa shape index (κ2) is 5.51. The second-order valence-corrected chi connectivity index (χ2v) is 7.01. The second-order valence-electron chi connectivity index (χ2n) is 5.26. The average Bonchev–Trinajstić information content (AvgIpc) is 2.75. The van der Waals surface area contributed by atoms with Crippen LogP contribution in [0.2, 0.25) is 0 Å². The lowest BCUT2D eigenvalue weighted by Gasteiger charge is -2.19. The van der Waals surface area contributed by atoms with Gasteiger partial charge in [0.1, 0.15) is 0 Å². The van der Waals surface area contributed by atoms with Crippen LogP contribution in [-0.4, -0.2) is 9.91 Å². The molecule has 1 aromatic carbocycles. The number of aromatic nitrogens is 1. The normalized spacial score (nSPS) is 11.8. The number of hydrogen-bond donors (Lipinski definition) is 1. The van der Waals surface area contributed by atoms with Gasteiger partial charge in [0.05, 0.1) is 5.69 Å². The van der Waals surface area contributed by atoms with Gasteiger partial charge in [-0.25, -0.2) is 0 Å². The first-order valence-corrected chi connectivity index (χ1v) is 7.48. The summed E-state index contributed by atoms with van der Waals surface area (Å²) >= 11 is 5.12. The molecule has 1 N–H and O–H groups in total. The van der Waals surface area contributed by atoms with Crippen molar-refractivity contribution in [2.24, 2.45) is 0 Å². The van der Waals surface area contributed by atoms with Gasteiger partial charge in [0.2, 0.25) is 0 Å². The molecule has 0 unspecified atom stereocenters. The predicted molar refractivity (Wildman–Crippen MR) is 81.8 cm³/mol. The Bertz CT molecular complexity index is 529. The molecule has 96 valence electrons. The minimum atomic E-state index is 0.136. The summed E-state index contributed by atoms with van der Waals surface area (Å²) in [6.07, 6.45) is 0. The SMILES string of the molecule is CC(C)(C)NCc1cc(-c2ccccc2Br)ns1. The number of nitrogens with zero attached hydrogens (tertiary/aromatic N) is 1. The summed E-state index contributed by atoms with van der Waals surface area (Å²) in [5.41, 5.74) is 2.33. The molecule has 0 spiro atoms. The highest BCUT2D eigenvalue weighted by Crippen LogP contribution is 2.28. The van der Waals surface area contributed by atoms with Crippen LogP contribution in [0.15, 0.2) is 34.8 Å². The minimum absolute atomic E-state index is 0.136. The first-order valence-electron chi connectivity index (χ1n) is 5.91. The van der Waals surface area contributed by atoms with E-state index in [1.165, 1.54) is 4.88 Å². The van der Waals surface area contributed by atoms with Gasteiger partial charge in [-0.15, -0.1) is 0 Å². The maximum Gasteiger partial charge on any atom is 0.0855 e. The van der Waals surface area contributed by atoms with Crippen LogP contribution in [0.5, 0.6) is 0 Å². The van der Waals surface area contributed by atoms with E-state index in [1.54, 1.807) is 11.5 Å². The van der Waals surface area contributed by atoms with Crippen molar-refractivity contribution in [1.29, 1.82) is 0 Å². The summed E-state index contributed by atoms with van der Waals surface area (Å²) in [7, 11) is 0. The number of nitrogens with one attached hydrogen (secondary N) is 1. The van der Waals surface area contributed by atoms with Crippen molar-refractivity contribution in [3.05, 3.63) is 39.7 Å². The highest BCUT2D eigenvalue weighted by atomic mass is 79.9. The van der Waals surface area contributed by atoms with E-state index < -0.39 is 0 Å². The molecule has 0 radical (unpaired) electrons. The van der Waals surface area contributed by atoms with Crippen molar-refractivity contribution in [3.8, 4) is 11.3 Å². The van der Waals surface area contributed by atoms with Crippen molar-refractivity contribution in [2.45, 2.75) is 32.9 Å².